The van der Waals surface area contributed by atoms with Crippen molar-refractivity contribution in [3.05, 3.63) is 63.9 Å². The van der Waals surface area contributed by atoms with Gasteiger partial charge >= 0.3 is 5.97 Å². The highest BCUT2D eigenvalue weighted by molar-refractivity contribution is 9.10. The van der Waals surface area contributed by atoms with Gasteiger partial charge in [0.25, 0.3) is 5.91 Å². The van der Waals surface area contributed by atoms with Gasteiger partial charge in [-0.25, -0.2) is 9.18 Å². The third-order valence-electron chi connectivity index (χ3n) is 3.21. The molecule has 2 aromatic rings. The molecule has 0 aliphatic rings. The van der Waals surface area contributed by atoms with Gasteiger partial charge < -0.3 is 15.2 Å². The first-order valence-corrected chi connectivity index (χ1v) is 7.86. The zero-order valence-corrected chi connectivity index (χ0v) is 14.3. The summed E-state index contributed by atoms with van der Waals surface area (Å²) in [4.78, 5) is 24.0. The second-order valence-corrected chi connectivity index (χ2v) is 5.93. The molecular weight excluding hydrogens is 381 g/mol. The van der Waals surface area contributed by atoms with Gasteiger partial charge in [0.2, 0.25) is 0 Å². The van der Waals surface area contributed by atoms with Crippen LogP contribution < -0.4 is 5.32 Å². The van der Waals surface area contributed by atoms with Crippen molar-refractivity contribution in [2.75, 3.05) is 5.32 Å². The average Bonchev–Trinajstić information content (AvgIpc) is 2.57. The topological polar surface area (TPSA) is 75.6 Å². The molecule has 2 N–H and O–H groups in total. The predicted molar refractivity (Wildman–Crippen MR) is 90.0 cm³/mol. The third-order valence-corrected chi connectivity index (χ3v) is 3.71. The number of ether oxygens (including phenoxy) is 1. The Kier molecular flexibility index (Phi) is 6.05. The Morgan fingerprint density at radius 1 is 1.25 bits per heavy atom. The number of esters is 1. The first-order valence-electron chi connectivity index (χ1n) is 7.07. The third kappa shape index (κ3) is 4.62. The minimum atomic E-state index is -1.10. The molecule has 0 aliphatic heterocycles. The lowest BCUT2D eigenvalue weighted by molar-refractivity contribution is -0.123. The fourth-order valence-corrected chi connectivity index (χ4v) is 2.19. The molecule has 24 heavy (non-hydrogen) atoms. The lowest BCUT2D eigenvalue weighted by Crippen LogP contribution is -2.30. The van der Waals surface area contributed by atoms with Crippen molar-refractivity contribution in [3.63, 3.8) is 0 Å². The molecule has 126 valence electrons. The van der Waals surface area contributed by atoms with E-state index in [9.17, 15) is 14.0 Å². The van der Waals surface area contributed by atoms with Gasteiger partial charge in [0.05, 0.1) is 17.9 Å². The number of benzene rings is 2. The minimum Gasteiger partial charge on any atom is -0.449 e. The molecule has 0 saturated carbocycles. The zero-order valence-electron chi connectivity index (χ0n) is 12.8. The van der Waals surface area contributed by atoms with Gasteiger partial charge in [0.1, 0.15) is 5.82 Å². The van der Waals surface area contributed by atoms with E-state index in [2.05, 4.69) is 21.2 Å². The largest absolute Gasteiger partial charge is 0.449 e. The number of aliphatic hydroxyl groups excluding tert-OH is 1. The van der Waals surface area contributed by atoms with Crippen molar-refractivity contribution in [2.45, 2.75) is 19.6 Å². The van der Waals surface area contributed by atoms with Crippen LogP contribution in [0.25, 0.3) is 0 Å². The standard InChI is InChI=1S/C17H15BrFNO4/c1-10(16(22)20-15-7-6-13(18)8-14(15)19)24-17(23)12-4-2-11(9-21)3-5-12/h2-8,10,21H,9H2,1H3,(H,20,22). The zero-order chi connectivity index (χ0) is 17.7. The Labute approximate surface area is 146 Å². The van der Waals surface area contributed by atoms with Crippen LogP contribution in [0, 0.1) is 5.82 Å². The summed E-state index contributed by atoms with van der Waals surface area (Å²) in [5.41, 5.74) is 0.906. The van der Waals surface area contributed by atoms with Crippen LogP contribution in [0.5, 0.6) is 0 Å². The van der Waals surface area contributed by atoms with Crippen LogP contribution in [0.2, 0.25) is 0 Å². The van der Waals surface area contributed by atoms with E-state index in [0.717, 1.165) is 0 Å². The van der Waals surface area contributed by atoms with E-state index in [4.69, 9.17) is 9.84 Å². The summed E-state index contributed by atoms with van der Waals surface area (Å²) in [6, 6.07) is 10.4. The lowest BCUT2D eigenvalue weighted by Gasteiger charge is -2.14. The van der Waals surface area contributed by atoms with E-state index in [1.54, 1.807) is 18.2 Å². The van der Waals surface area contributed by atoms with Gasteiger partial charge in [0, 0.05) is 4.47 Å². The lowest BCUT2D eigenvalue weighted by atomic mass is 10.1. The van der Waals surface area contributed by atoms with E-state index >= 15 is 0 Å². The number of anilines is 1. The Balaban J connectivity index is 1.98. The number of halogens is 2. The maximum Gasteiger partial charge on any atom is 0.338 e. The van der Waals surface area contributed by atoms with Crippen LogP contribution in [-0.4, -0.2) is 23.1 Å². The number of amides is 1. The Bertz CT molecular complexity index is 749. The van der Waals surface area contributed by atoms with Crippen LogP contribution in [0.15, 0.2) is 46.9 Å². The second-order valence-electron chi connectivity index (χ2n) is 5.02. The van der Waals surface area contributed by atoms with Crippen LogP contribution in [0.4, 0.5) is 10.1 Å². The minimum absolute atomic E-state index is 0.00148. The van der Waals surface area contributed by atoms with Crippen LogP contribution in [-0.2, 0) is 16.1 Å². The number of aliphatic hydroxyl groups is 1. The van der Waals surface area contributed by atoms with Crippen LogP contribution in [0.3, 0.4) is 0 Å². The maximum atomic E-state index is 13.7. The Morgan fingerprint density at radius 3 is 2.50 bits per heavy atom. The van der Waals surface area contributed by atoms with E-state index in [0.29, 0.717) is 10.0 Å². The highest BCUT2D eigenvalue weighted by Crippen LogP contribution is 2.19. The first kappa shape index (κ1) is 18.1. The fraction of sp³-hybridized carbons (Fsp3) is 0.176. The molecular formula is C17H15BrFNO4. The Morgan fingerprint density at radius 2 is 1.92 bits per heavy atom. The van der Waals surface area contributed by atoms with Crippen LogP contribution in [0.1, 0.15) is 22.8 Å². The summed E-state index contributed by atoms with van der Waals surface area (Å²) < 4.78 is 19.3. The molecule has 1 atom stereocenters. The summed E-state index contributed by atoms with van der Waals surface area (Å²) in [5.74, 6) is -1.93. The summed E-state index contributed by atoms with van der Waals surface area (Å²) in [7, 11) is 0. The molecule has 1 amide bonds. The molecule has 0 bridgehead atoms. The Hall–Kier alpha value is -2.25. The van der Waals surface area contributed by atoms with Crippen molar-refractivity contribution < 1.29 is 23.8 Å². The molecule has 0 aliphatic carbocycles. The monoisotopic (exact) mass is 395 g/mol. The number of carbonyl (C=O) groups excluding carboxylic acids is 2. The number of nitrogens with one attached hydrogen (secondary N) is 1. The quantitative estimate of drug-likeness (QED) is 0.761. The van der Waals surface area contributed by atoms with Crippen molar-refractivity contribution in [3.8, 4) is 0 Å². The summed E-state index contributed by atoms with van der Waals surface area (Å²) in [6.45, 7) is 1.26. The number of hydrogen-bond donors (Lipinski definition) is 2. The van der Waals surface area contributed by atoms with E-state index < -0.39 is 23.8 Å². The van der Waals surface area contributed by atoms with Crippen molar-refractivity contribution in [1.29, 1.82) is 0 Å². The molecule has 2 aromatic carbocycles. The predicted octanol–water partition coefficient (Wildman–Crippen LogP) is 3.26. The molecule has 0 heterocycles. The number of rotatable bonds is 5. The molecule has 0 saturated heterocycles. The van der Waals surface area contributed by atoms with E-state index in [1.165, 1.54) is 31.2 Å². The highest BCUT2D eigenvalue weighted by atomic mass is 79.9. The fourth-order valence-electron chi connectivity index (χ4n) is 1.85. The highest BCUT2D eigenvalue weighted by Gasteiger charge is 2.20. The molecule has 0 spiro atoms. The van der Waals surface area contributed by atoms with Gasteiger partial charge in [-0.3, -0.25) is 4.79 Å². The summed E-state index contributed by atoms with van der Waals surface area (Å²) >= 11 is 3.12. The maximum absolute atomic E-state index is 13.7. The van der Waals surface area contributed by atoms with Crippen molar-refractivity contribution in [2.24, 2.45) is 0 Å². The molecule has 5 nitrogen and oxygen atoms in total. The second kappa shape index (κ2) is 8.03. The number of carbonyl (C=O) groups is 2. The van der Waals surface area contributed by atoms with E-state index in [1.807, 2.05) is 0 Å². The van der Waals surface area contributed by atoms with Crippen LogP contribution >= 0.6 is 15.9 Å². The van der Waals surface area contributed by atoms with Gasteiger partial charge in [-0.15, -0.1) is 0 Å². The number of hydrogen-bond acceptors (Lipinski definition) is 4. The van der Waals surface area contributed by atoms with E-state index in [-0.39, 0.29) is 17.9 Å². The van der Waals surface area contributed by atoms with Crippen molar-refractivity contribution >= 4 is 33.5 Å². The molecule has 0 aromatic heterocycles. The molecule has 2 rings (SSSR count). The van der Waals surface area contributed by atoms with Gasteiger partial charge in [-0.1, -0.05) is 28.1 Å². The van der Waals surface area contributed by atoms with Crippen molar-refractivity contribution in [1.82, 2.24) is 0 Å². The molecule has 0 fully saturated rings. The average molecular weight is 396 g/mol. The van der Waals surface area contributed by atoms with Gasteiger partial charge in [0.15, 0.2) is 6.10 Å². The summed E-state index contributed by atoms with van der Waals surface area (Å²) in [5, 5.41) is 11.3. The summed E-state index contributed by atoms with van der Waals surface area (Å²) in [6.07, 6.45) is -1.10. The normalized spacial score (nSPS) is 11.7. The molecule has 0 radical (unpaired) electrons. The van der Waals surface area contributed by atoms with Gasteiger partial charge in [-0.2, -0.15) is 0 Å². The smallest absolute Gasteiger partial charge is 0.338 e. The SMILES string of the molecule is CC(OC(=O)c1ccc(CO)cc1)C(=O)Nc1ccc(Br)cc1F. The molecule has 1 unspecified atom stereocenters. The first-order chi connectivity index (χ1) is 11.4. The van der Waals surface area contributed by atoms with Gasteiger partial charge in [-0.05, 0) is 42.8 Å². The molecule has 7 heteroatoms.